The molecule has 1 amide bonds. The summed E-state index contributed by atoms with van der Waals surface area (Å²) in [5, 5.41) is -0.729. The van der Waals surface area contributed by atoms with Gasteiger partial charge in [0.2, 0.25) is 5.91 Å². The highest BCUT2D eigenvalue weighted by atomic mass is 32.2. The minimum absolute atomic E-state index is 0.0174. The zero-order chi connectivity index (χ0) is 9.64. The van der Waals surface area contributed by atoms with Crippen molar-refractivity contribution < 1.29 is 13.2 Å². The lowest BCUT2D eigenvalue weighted by molar-refractivity contribution is -0.147. The minimum Gasteiger partial charge on any atom is -0.337 e. The molecule has 4 nitrogen and oxygen atoms in total. The SMILES string of the molecule is CS(=O)(=O)[C@@H]1C(=O)N2CCCC[C@H]12. The Labute approximate surface area is 77.8 Å². The van der Waals surface area contributed by atoms with Crippen LogP contribution in [0.3, 0.4) is 0 Å². The Balaban J connectivity index is 2.21. The maximum Gasteiger partial charge on any atom is 0.243 e. The number of hydrogen-bond donors (Lipinski definition) is 0. The Morgan fingerprint density at radius 3 is 2.69 bits per heavy atom. The van der Waals surface area contributed by atoms with E-state index in [1.807, 2.05) is 0 Å². The van der Waals surface area contributed by atoms with Crippen molar-refractivity contribution in [2.75, 3.05) is 12.8 Å². The second-order valence-corrected chi connectivity index (χ2v) is 6.01. The molecule has 0 unspecified atom stereocenters. The fourth-order valence-electron chi connectivity index (χ4n) is 2.26. The maximum atomic E-state index is 11.4. The van der Waals surface area contributed by atoms with Gasteiger partial charge in [-0.2, -0.15) is 0 Å². The van der Waals surface area contributed by atoms with Crippen molar-refractivity contribution in [3.63, 3.8) is 0 Å². The third-order valence-corrected chi connectivity index (χ3v) is 4.32. The smallest absolute Gasteiger partial charge is 0.243 e. The number of hydrogen-bond acceptors (Lipinski definition) is 3. The lowest BCUT2D eigenvalue weighted by atomic mass is 9.91. The number of rotatable bonds is 1. The van der Waals surface area contributed by atoms with Gasteiger partial charge in [0.05, 0.1) is 6.04 Å². The van der Waals surface area contributed by atoms with E-state index in [4.69, 9.17) is 0 Å². The summed E-state index contributed by atoms with van der Waals surface area (Å²) in [7, 11) is -3.18. The van der Waals surface area contributed by atoms with Crippen LogP contribution in [0.25, 0.3) is 0 Å². The van der Waals surface area contributed by atoms with Crippen LogP contribution in [0, 0.1) is 0 Å². The summed E-state index contributed by atoms with van der Waals surface area (Å²) in [5.74, 6) is -0.188. The van der Waals surface area contributed by atoms with Crippen molar-refractivity contribution in [3.05, 3.63) is 0 Å². The van der Waals surface area contributed by atoms with Gasteiger partial charge < -0.3 is 4.90 Å². The molecular formula is C8H13NO3S. The topological polar surface area (TPSA) is 54.5 Å². The number of carbonyl (C=O) groups excluding carboxylic acids is 1. The van der Waals surface area contributed by atoms with E-state index in [0.717, 1.165) is 32.1 Å². The molecular weight excluding hydrogens is 190 g/mol. The number of amides is 1. The second-order valence-electron chi connectivity index (χ2n) is 3.84. The molecule has 0 aromatic rings. The van der Waals surface area contributed by atoms with E-state index in [1.165, 1.54) is 0 Å². The molecule has 0 N–H and O–H groups in total. The number of piperidine rings is 1. The zero-order valence-electron chi connectivity index (χ0n) is 7.56. The first kappa shape index (κ1) is 8.99. The Hall–Kier alpha value is -0.580. The van der Waals surface area contributed by atoms with Gasteiger partial charge in [-0.15, -0.1) is 0 Å². The Kier molecular flexibility index (Phi) is 1.87. The average Bonchev–Trinajstić information content (AvgIpc) is 2.00. The van der Waals surface area contributed by atoms with Gasteiger partial charge in [-0.05, 0) is 19.3 Å². The molecule has 2 heterocycles. The summed E-state index contributed by atoms with van der Waals surface area (Å²) < 4.78 is 22.5. The van der Waals surface area contributed by atoms with Crippen LogP contribution in [0.1, 0.15) is 19.3 Å². The molecule has 2 rings (SSSR count). The molecule has 0 aromatic heterocycles. The van der Waals surface area contributed by atoms with E-state index in [1.54, 1.807) is 4.90 Å². The first-order valence-electron chi connectivity index (χ1n) is 4.51. The molecule has 2 aliphatic heterocycles. The summed E-state index contributed by atoms with van der Waals surface area (Å²) in [4.78, 5) is 13.1. The fourth-order valence-corrected chi connectivity index (χ4v) is 3.62. The van der Waals surface area contributed by atoms with Crippen molar-refractivity contribution in [1.82, 2.24) is 4.90 Å². The van der Waals surface area contributed by atoms with E-state index >= 15 is 0 Å². The Morgan fingerprint density at radius 2 is 2.08 bits per heavy atom. The summed E-state index contributed by atoms with van der Waals surface area (Å²) >= 11 is 0. The van der Waals surface area contributed by atoms with Crippen LogP contribution in [0.2, 0.25) is 0 Å². The average molecular weight is 203 g/mol. The third kappa shape index (κ3) is 1.25. The molecule has 13 heavy (non-hydrogen) atoms. The van der Waals surface area contributed by atoms with Gasteiger partial charge in [-0.1, -0.05) is 0 Å². The van der Waals surface area contributed by atoms with Gasteiger partial charge >= 0.3 is 0 Å². The summed E-state index contributed by atoms with van der Waals surface area (Å²) in [6.45, 7) is 0.746. The Bertz CT molecular complexity index is 335. The van der Waals surface area contributed by atoms with Crippen molar-refractivity contribution in [2.24, 2.45) is 0 Å². The van der Waals surface area contributed by atoms with Crippen molar-refractivity contribution in [2.45, 2.75) is 30.6 Å². The van der Waals surface area contributed by atoms with Crippen molar-refractivity contribution in [3.8, 4) is 0 Å². The quantitative estimate of drug-likeness (QED) is 0.554. The molecule has 0 aromatic carbocycles. The van der Waals surface area contributed by atoms with Crippen LogP contribution in [-0.2, 0) is 14.6 Å². The summed E-state index contributed by atoms with van der Waals surface area (Å²) in [6, 6.07) is -0.0174. The molecule has 2 saturated heterocycles. The predicted octanol–water partition coefficient (Wildman–Crippen LogP) is -0.206. The monoisotopic (exact) mass is 203 g/mol. The van der Waals surface area contributed by atoms with E-state index in [2.05, 4.69) is 0 Å². The predicted molar refractivity (Wildman–Crippen MR) is 48.0 cm³/mol. The lowest BCUT2D eigenvalue weighted by Crippen LogP contribution is -2.68. The van der Waals surface area contributed by atoms with E-state index in [9.17, 15) is 13.2 Å². The van der Waals surface area contributed by atoms with Gasteiger partial charge in [-0.3, -0.25) is 4.79 Å². The van der Waals surface area contributed by atoms with E-state index in [0.29, 0.717) is 0 Å². The standard InChI is InChI=1S/C8H13NO3S/c1-13(11,12)7-6-4-2-3-5-9(6)8(7)10/h6-7H,2-5H2,1H3/t6-,7+/m1/s1. The molecule has 0 saturated carbocycles. The van der Waals surface area contributed by atoms with Crippen LogP contribution in [-0.4, -0.2) is 43.3 Å². The maximum absolute atomic E-state index is 11.4. The van der Waals surface area contributed by atoms with Gasteiger partial charge in [0.1, 0.15) is 0 Å². The van der Waals surface area contributed by atoms with E-state index in [-0.39, 0.29) is 11.9 Å². The normalized spacial score (nSPS) is 33.9. The molecule has 0 spiro atoms. The van der Waals surface area contributed by atoms with Gasteiger partial charge in [-0.25, -0.2) is 8.42 Å². The first-order valence-corrected chi connectivity index (χ1v) is 6.46. The molecule has 0 radical (unpaired) electrons. The fraction of sp³-hybridized carbons (Fsp3) is 0.875. The number of nitrogens with zero attached hydrogens (tertiary/aromatic N) is 1. The van der Waals surface area contributed by atoms with Crippen LogP contribution < -0.4 is 0 Å². The molecule has 2 aliphatic rings. The lowest BCUT2D eigenvalue weighted by Gasteiger charge is -2.48. The highest BCUT2D eigenvalue weighted by Gasteiger charge is 2.53. The van der Waals surface area contributed by atoms with Crippen LogP contribution in [0.5, 0.6) is 0 Å². The van der Waals surface area contributed by atoms with Gasteiger partial charge in [0.25, 0.3) is 0 Å². The van der Waals surface area contributed by atoms with Crippen LogP contribution in [0.4, 0.5) is 0 Å². The molecule has 5 heteroatoms. The molecule has 0 bridgehead atoms. The summed E-state index contributed by atoms with van der Waals surface area (Å²) in [5.41, 5.74) is 0. The number of carbonyl (C=O) groups is 1. The highest BCUT2D eigenvalue weighted by molar-refractivity contribution is 7.92. The van der Waals surface area contributed by atoms with Crippen LogP contribution >= 0.6 is 0 Å². The first-order chi connectivity index (χ1) is 6.02. The van der Waals surface area contributed by atoms with Crippen LogP contribution in [0.15, 0.2) is 0 Å². The number of fused-ring (bicyclic) bond motifs is 1. The highest BCUT2D eigenvalue weighted by Crippen LogP contribution is 2.33. The zero-order valence-corrected chi connectivity index (χ0v) is 8.38. The van der Waals surface area contributed by atoms with Crippen molar-refractivity contribution >= 4 is 15.7 Å². The summed E-state index contributed by atoms with van der Waals surface area (Å²) in [6.07, 6.45) is 4.06. The molecule has 2 fully saturated rings. The molecule has 2 atom stereocenters. The van der Waals surface area contributed by atoms with Crippen molar-refractivity contribution in [1.29, 1.82) is 0 Å². The molecule has 74 valence electrons. The number of sulfone groups is 1. The molecule has 0 aliphatic carbocycles. The largest absolute Gasteiger partial charge is 0.337 e. The third-order valence-electron chi connectivity index (χ3n) is 2.89. The Morgan fingerprint density at radius 1 is 1.38 bits per heavy atom. The van der Waals surface area contributed by atoms with Gasteiger partial charge in [0, 0.05) is 12.8 Å². The minimum atomic E-state index is -3.18. The van der Waals surface area contributed by atoms with Gasteiger partial charge in [0.15, 0.2) is 15.1 Å². The second kappa shape index (κ2) is 2.70. The number of β-lactam (4-membered cyclic amide) rings is 1. The van der Waals surface area contributed by atoms with E-state index < -0.39 is 15.1 Å².